The number of carbonyl (C=O) groups excluding carboxylic acids is 6. The zero-order valence-electron chi connectivity index (χ0n) is 35.1. The maximum absolute atomic E-state index is 14.4. The molecule has 2 aliphatic rings. The molecule has 0 bridgehead atoms. The highest BCUT2D eigenvalue weighted by atomic mass is 32.2. The van der Waals surface area contributed by atoms with Gasteiger partial charge in [0.2, 0.25) is 35.4 Å². The first-order chi connectivity index (χ1) is 30.4. The first-order valence-electron chi connectivity index (χ1n) is 20.7. The number of aliphatic hydroxyl groups is 4. The minimum Gasteiger partial charge on any atom is -0.480 e. The summed E-state index contributed by atoms with van der Waals surface area (Å²) >= 11 is 0.784. The van der Waals surface area contributed by atoms with E-state index in [1.165, 1.54) is 0 Å². The number of para-hydroxylation sites is 1. The van der Waals surface area contributed by atoms with Crippen molar-refractivity contribution in [2.75, 3.05) is 18.9 Å². The third kappa shape index (κ3) is 13.2. The van der Waals surface area contributed by atoms with Gasteiger partial charge in [-0.2, -0.15) is 0 Å². The van der Waals surface area contributed by atoms with Crippen molar-refractivity contribution in [3.63, 3.8) is 0 Å². The molecular weight excluding hydrogens is 857 g/mol. The number of hydrogen-bond acceptors (Lipinski definition) is 14. The lowest BCUT2D eigenvalue weighted by molar-refractivity contribution is -0.205. The minimum absolute atomic E-state index is 0.0399. The first-order valence-corrected chi connectivity index (χ1v) is 21.8. The number of fused-ring (bicyclic) bond motifs is 1. The van der Waals surface area contributed by atoms with Crippen LogP contribution in [-0.4, -0.2) is 157 Å². The van der Waals surface area contributed by atoms with Crippen LogP contribution in [0.5, 0.6) is 0 Å². The van der Waals surface area contributed by atoms with E-state index in [0.717, 1.165) is 22.7 Å². The van der Waals surface area contributed by atoms with Crippen molar-refractivity contribution >= 4 is 64.1 Å². The van der Waals surface area contributed by atoms with Crippen LogP contribution in [0.4, 0.5) is 0 Å². The molecule has 2 aliphatic heterocycles. The van der Waals surface area contributed by atoms with E-state index in [-0.39, 0.29) is 30.9 Å². The molecule has 348 valence electrons. The molecule has 0 radical (unpaired) electrons. The van der Waals surface area contributed by atoms with E-state index in [9.17, 15) is 59.1 Å². The predicted molar refractivity (Wildman–Crippen MR) is 231 cm³/mol. The van der Waals surface area contributed by atoms with Gasteiger partial charge < -0.3 is 72.9 Å². The van der Waals surface area contributed by atoms with Crippen LogP contribution in [0.2, 0.25) is 0 Å². The van der Waals surface area contributed by atoms with Crippen LogP contribution < -0.4 is 37.6 Å². The summed E-state index contributed by atoms with van der Waals surface area (Å²) in [5.41, 5.74) is 6.89. The quantitative estimate of drug-likeness (QED) is 0.0718. The van der Waals surface area contributed by atoms with E-state index in [2.05, 4.69) is 36.9 Å². The fraction of sp³-hybridized carbons (Fsp3) is 0.500. The van der Waals surface area contributed by atoms with Crippen LogP contribution in [0, 0.1) is 5.92 Å². The Morgan fingerprint density at radius 1 is 0.875 bits per heavy atom. The molecule has 0 saturated carbocycles. The molecule has 21 nitrogen and oxygen atoms in total. The highest BCUT2D eigenvalue weighted by Crippen LogP contribution is 2.29. The lowest BCUT2D eigenvalue weighted by Gasteiger charge is -2.39. The fourth-order valence-corrected chi connectivity index (χ4v) is 8.35. The van der Waals surface area contributed by atoms with Crippen molar-refractivity contribution in [2.24, 2.45) is 11.7 Å². The second-order valence-corrected chi connectivity index (χ2v) is 17.3. The molecular formula is C42H56N8O13S. The summed E-state index contributed by atoms with van der Waals surface area (Å²) in [5, 5.41) is 66.1. The van der Waals surface area contributed by atoms with Gasteiger partial charge in [-0.1, -0.05) is 62.4 Å². The van der Waals surface area contributed by atoms with Crippen molar-refractivity contribution < 1.29 is 63.8 Å². The molecule has 0 aliphatic carbocycles. The second-order valence-electron chi connectivity index (χ2n) is 16.2. The molecule has 2 aromatic carbocycles. The number of rotatable bonds is 15. The molecule has 14 N–H and O–H groups in total. The van der Waals surface area contributed by atoms with E-state index in [0.29, 0.717) is 11.1 Å². The van der Waals surface area contributed by atoms with Crippen LogP contribution in [0.3, 0.4) is 0 Å². The molecule has 64 heavy (non-hydrogen) atoms. The topological polar surface area (TPSA) is 344 Å². The summed E-state index contributed by atoms with van der Waals surface area (Å²) in [4.78, 5) is 98.9. The number of benzene rings is 2. The molecule has 3 heterocycles. The number of carboxylic acids is 1. The molecule has 5 rings (SSSR count). The Labute approximate surface area is 372 Å². The molecule has 6 amide bonds. The minimum atomic E-state index is -1.69. The van der Waals surface area contributed by atoms with E-state index in [1.807, 2.05) is 6.07 Å². The highest BCUT2D eigenvalue weighted by Gasteiger charge is 2.44. The number of amides is 6. The van der Waals surface area contributed by atoms with Crippen LogP contribution in [-0.2, 0) is 51.1 Å². The number of nitrogens with one attached hydrogen (secondary N) is 7. The fourth-order valence-electron chi connectivity index (χ4n) is 7.22. The lowest BCUT2D eigenvalue weighted by Crippen LogP contribution is -2.62. The van der Waals surface area contributed by atoms with Gasteiger partial charge in [-0.3, -0.25) is 28.8 Å². The molecule has 3 aromatic rings. The van der Waals surface area contributed by atoms with Crippen LogP contribution in [0.1, 0.15) is 37.8 Å². The van der Waals surface area contributed by atoms with E-state index >= 15 is 0 Å². The number of aliphatic carboxylic acids is 1. The number of ether oxygens (including phenoxy) is 1. The van der Waals surface area contributed by atoms with Gasteiger partial charge in [0.25, 0.3) is 0 Å². The lowest BCUT2D eigenvalue weighted by atomic mass is 10.0. The van der Waals surface area contributed by atoms with Crippen LogP contribution >= 0.6 is 11.8 Å². The Morgan fingerprint density at radius 3 is 2.22 bits per heavy atom. The maximum atomic E-state index is 14.4. The van der Waals surface area contributed by atoms with Crippen LogP contribution in [0.15, 0.2) is 60.8 Å². The second kappa shape index (κ2) is 22.8. The van der Waals surface area contributed by atoms with Gasteiger partial charge in [0.1, 0.15) is 60.1 Å². The zero-order valence-corrected chi connectivity index (χ0v) is 36.0. The van der Waals surface area contributed by atoms with Crippen molar-refractivity contribution in [2.45, 2.75) is 106 Å². The van der Waals surface area contributed by atoms with Crippen molar-refractivity contribution in [3.8, 4) is 0 Å². The van der Waals surface area contributed by atoms with Crippen LogP contribution in [0.25, 0.3) is 10.9 Å². The van der Waals surface area contributed by atoms with Gasteiger partial charge in [-0.05, 0) is 29.5 Å². The Hall–Kier alpha value is -5.62. The van der Waals surface area contributed by atoms with E-state index in [4.69, 9.17) is 10.5 Å². The summed E-state index contributed by atoms with van der Waals surface area (Å²) in [5.74, 6) is -7.26. The number of hydrogen-bond donors (Lipinski definition) is 13. The number of aromatic nitrogens is 1. The molecule has 1 aromatic heterocycles. The van der Waals surface area contributed by atoms with Gasteiger partial charge in [-0.15, -0.1) is 11.8 Å². The number of aromatic amines is 1. The van der Waals surface area contributed by atoms with E-state index in [1.54, 1.807) is 68.6 Å². The average Bonchev–Trinajstić information content (AvgIpc) is 3.67. The zero-order chi connectivity index (χ0) is 46.7. The Balaban J connectivity index is 1.45. The predicted octanol–water partition coefficient (Wildman–Crippen LogP) is -3.11. The normalized spacial score (nSPS) is 27.0. The van der Waals surface area contributed by atoms with E-state index < -0.39 is 127 Å². The molecule has 0 spiro atoms. The average molecular weight is 913 g/mol. The Kier molecular flexibility index (Phi) is 17.6. The monoisotopic (exact) mass is 912 g/mol. The molecule has 22 heteroatoms. The SMILES string of the molecule is CC(C)C[C@H](NC(=O)C1CNC(=O)C[C@H](NC(=O)[C@@H](N)CS[C@@H]2O[C@H](CO)[C@H](O)[C@H](O)[C@H]2O)C(=O)N[C@@H](Cc2c[nH]c3ccccc23)C(=O)N[C@@H](Cc2ccccc2)C(=O)N1)C(=O)O. The van der Waals surface area contributed by atoms with Crippen molar-refractivity contribution in [1.29, 1.82) is 0 Å². The largest absolute Gasteiger partial charge is 0.480 e. The molecule has 2 saturated heterocycles. The number of thioether (sulfide) groups is 1. The number of aliphatic hydroxyl groups excluding tert-OH is 4. The third-order valence-electron chi connectivity index (χ3n) is 10.8. The summed E-state index contributed by atoms with van der Waals surface area (Å²) < 4.78 is 5.48. The number of nitrogens with two attached hydrogens (primary N) is 1. The Morgan fingerprint density at radius 2 is 1.53 bits per heavy atom. The molecule has 1 unspecified atom stereocenters. The van der Waals surface area contributed by atoms with Gasteiger partial charge >= 0.3 is 5.97 Å². The summed E-state index contributed by atoms with van der Waals surface area (Å²) in [6.45, 7) is 2.23. The Bertz CT molecular complexity index is 2120. The van der Waals surface area contributed by atoms with Gasteiger partial charge in [0.15, 0.2) is 0 Å². The van der Waals surface area contributed by atoms with Gasteiger partial charge in [0, 0.05) is 42.2 Å². The van der Waals surface area contributed by atoms with Gasteiger partial charge in [0.05, 0.1) is 19.1 Å². The standard InChI is InChI=1S/C42H56N8O13S/c1-20(2)12-29(41(61)62)49-40(60)30-17-45-32(52)15-28(46-36(56)24(43)19-64-42-35(55)34(54)33(53)31(18-51)63-42)39(59)48-27(14-22-16-44-25-11-7-6-10-23(22)25)38(58)47-26(37(57)50-30)13-21-8-4-3-5-9-21/h3-11,16,20,24,26-31,33-35,42,44,51,53-55H,12-15,17-19,43H2,1-2H3,(H,45,52)(H,46,56)(H,47,58)(H,48,59)(H,49,60)(H,50,57)(H,61,62)/t24-,26-,27-,28-,29-,30?,31+,33-,34-,35+,42-/m0/s1. The summed E-state index contributed by atoms with van der Waals surface area (Å²) in [6.07, 6.45) is -5.44. The highest BCUT2D eigenvalue weighted by molar-refractivity contribution is 7.99. The first kappa shape index (κ1) is 49.4. The number of carboxylic acid groups (broad SMARTS) is 1. The molecule has 11 atom stereocenters. The van der Waals surface area contributed by atoms with Crippen molar-refractivity contribution in [1.82, 2.24) is 36.9 Å². The maximum Gasteiger partial charge on any atom is 0.326 e. The van der Waals surface area contributed by atoms with Crippen molar-refractivity contribution in [3.05, 3.63) is 71.9 Å². The third-order valence-corrected chi connectivity index (χ3v) is 12.0. The number of H-pyrrole nitrogens is 1. The number of carbonyl (C=O) groups is 7. The summed E-state index contributed by atoms with van der Waals surface area (Å²) in [6, 6.07) is 6.95. The smallest absolute Gasteiger partial charge is 0.326 e. The molecule has 2 fully saturated rings. The summed E-state index contributed by atoms with van der Waals surface area (Å²) in [7, 11) is 0. The van der Waals surface area contributed by atoms with Gasteiger partial charge in [-0.25, -0.2) is 4.79 Å².